The molecule has 294 valence electrons. The van der Waals surface area contributed by atoms with Gasteiger partial charge in [-0.3, -0.25) is 19.6 Å². The molecular formula is C32H40F6N12O2S2. The van der Waals surface area contributed by atoms with Crippen LogP contribution in [-0.4, -0.2) is 71.4 Å². The van der Waals surface area contributed by atoms with Crippen LogP contribution in [0, 0.1) is 0 Å². The third kappa shape index (κ3) is 13.2. The largest absolute Gasteiger partial charge is 0.416 e. The molecule has 0 atom stereocenters. The van der Waals surface area contributed by atoms with Crippen LogP contribution in [0.1, 0.15) is 56.1 Å². The van der Waals surface area contributed by atoms with Gasteiger partial charge in [-0.05, 0) is 61.1 Å². The van der Waals surface area contributed by atoms with E-state index in [1.165, 1.54) is 12.1 Å². The summed E-state index contributed by atoms with van der Waals surface area (Å²) in [6.07, 6.45) is -8.37. The summed E-state index contributed by atoms with van der Waals surface area (Å²) >= 11 is 2.22. The molecule has 14 N–H and O–H groups in total. The minimum atomic E-state index is -4.79. The van der Waals surface area contributed by atoms with Crippen LogP contribution in [-0.2, 0) is 25.2 Å². The van der Waals surface area contributed by atoms with E-state index in [1.54, 1.807) is 0 Å². The predicted molar refractivity (Wildman–Crippen MR) is 198 cm³/mol. The number of hydrogen-bond donors (Lipinski definition) is 8. The number of hydrogen-bond acceptors (Lipinski definition) is 10. The molecule has 0 aliphatic rings. The molecule has 3 aromatic rings. The Labute approximate surface area is 314 Å². The molecule has 1 aromatic heterocycles. The Kier molecular flexibility index (Phi) is 16.2. The smallest absolute Gasteiger partial charge is 0.370 e. The number of alkyl halides is 6. The monoisotopic (exact) mass is 802 g/mol. The van der Waals surface area contributed by atoms with E-state index in [-0.39, 0.29) is 96.1 Å². The zero-order chi connectivity index (χ0) is 40.1. The first-order valence-electron chi connectivity index (χ1n) is 16.1. The Morgan fingerprint density at radius 1 is 0.648 bits per heavy atom. The quantitative estimate of drug-likeness (QED) is 0.0302. The molecule has 0 spiro atoms. The number of nitrogens with one attached hydrogen (secondary N) is 2. The highest BCUT2D eigenvalue weighted by atomic mass is 32.2. The fourth-order valence-electron chi connectivity index (χ4n) is 4.89. The number of carbonyl (C=O) groups excluding carboxylic acids is 2. The third-order valence-corrected chi connectivity index (χ3v) is 9.38. The molecule has 3 rings (SSSR count). The Morgan fingerprint density at radius 3 is 1.37 bits per heavy atom. The Hall–Kier alpha value is -4.80. The van der Waals surface area contributed by atoms with E-state index in [1.807, 2.05) is 0 Å². The fraction of sp³-hybridized carbons (Fsp3) is 0.375. The first-order valence-corrected chi connectivity index (χ1v) is 18.1. The number of nitrogens with zero attached hydrogens (tertiary/aromatic N) is 4. The van der Waals surface area contributed by atoms with Crippen molar-refractivity contribution in [1.29, 1.82) is 0 Å². The lowest BCUT2D eigenvalue weighted by Crippen LogP contribution is -2.23. The zero-order valence-electron chi connectivity index (χ0n) is 28.7. The first kappa shape index (κ1) is 43.6. The van der Waals surface area contributed by atoms with E-state index >= 15 is 0 Å². The molecular weight excluding hydrogens is 763 g/mol. The van der Waals surface area contributed by atoms with E-state index in [4.69, 9.17) is 34.4 Å². The zero-order valence-corrected chi connectivity index (χ0v) is 30.3. The molecule has 0 aliphatic heterocycles. The number of nitrogens with two attached hydrogens (primary N) is 6. The number of carbonyl (C=O) groups is 2. The van der Waals surface area contributed by atoms with E-state index in [0.29, 0.717) is 11.5 Å². The van der Waals surface area contributed by atoms with Crippen molar-refractivity contribution < 1.29 is 35.9 Å². The number of thioether (sulfide) groups is 2. The van der Waals surface area contributed by atoms with Gasteiger partial charge in [0.05, 0.1) is 22.5 Å². The van der Waals surface area contributed by atoms with Crippen molar-refractivity contribution in [3.05, 3.63) is 70.3 Å². The minimum absolute atomic E-state index is 0.0283. The van der Waals surface area contributed by atoms with E-state index < -0.39 is 46.7 Å². The fourth-order valence-corrected chi connectivity index (χ4v) is 6.55. The molecule has 0 fully saturated rings. The second-order valence-electron chi connectivity index (χ2n) is 11.3. The number of aliphatic imine (C=N–C) groups is 2. The summed E-state index contributed by atoms with van der Waals surface area (Å²) in [7, 11) is 0. The molecule has 54 heavy (non-hydrogen) atoms. The Balaban J connectivity index is 1.94. The molecule has 2 aromatic carbocycles. The molecule has 0 unspecified atom stereocenters. The lowest BCUT2D eigenvalue weighted by Gasteiger charge is -2.19. The average molecular weight is 803 g/mol. The number of amides is 2. The van der Waals surface area contributed by atoms with Crippen molar-refractivity contribution in [2.45, 2.75) is 47.8 Å². The topological polar surface area (TPSA) is 265 Å². The maximum absolute atomic E-state index is 14.2. The van der Waals surface area contributed by atoms with Crippen molar-refractivity contribution in [2.24, 2.45) is 44.4 Å². The van der Waals surface area contributed by atoms with Crippen LogP contribution < -0.4 is 45.0 Å². The van der Waals surface area contributed by atoms with Crippen molar-refractivity contribution in [3.63, 3.8) is 0 Å². The Morgan fingerprint density at radius 2 is 1.04 bits per heavy atom. The highest BCUT2D eigenvalue weighted by Gasteiger charge is 2.36. The van der Waals surface area contributed by atoms with Gasteiger partial charge in [0.25, 0.3) is 11.8 Å². The normalized spacial score (nSPS) is 11.6. The number of aryl methyl sites for hydroxylation is 2. The number of aromatic nitrogens is 2. The summed E-state index contributed by atoms with van der Waals surface area (Å²) < 4.78 is 85.1. The predicted octanol–water partition coefficient (Wildman–Crippen LogP) is 3.53. The Bertz CT molecular complexity index is 1710. The summed E-state index contributed by atoms with van der Waals surface area (Å²) in [5.74, 6) is -1.76. The highest BCUT2D eigenvalue weighted by molar-refractivity contribution is 7.99. The lowest BCUT2D eigenvalue weighted by molar-refractivity contribution is -0.139. The van der Waals surface area contributed by atoms with Crippen molar-refractivity contribution >= 4 is 58.6 Å². The molecule has 14 nitrogen and oxygen atoms in total. The molecule has 0 saturated carbocycles. The van der Waals surface area contributed by atoms with Gasteiger partial charge in [-0.15, -0.1) is 23.5 Å². The number of guanidine groups is 2. The van der Waals surface area contributed by atoms with Crippen molar-refractivity contribution in [2.75, 3.05) is 48.3 Å². The number of rotatable bonds is 18. The summed E-state index contributed by atoms with van der Waals surface area (Å²) in [6, 6.07) is 5.15. The van der Waals surface area contributed by atoms with Gasteiger partial charge in [0.1, 0.15) is 17.7 Å². The number of benzene rings is 2. The van der Waals surface area contributed by atoms with E-state index in [0.717, 1.165) is 48.1 Å². The van der Waals surface area contributed by atoms with Crippen LogP contribution >= 0.6 is 23.5 Å². The second-order valence-corrected chi connectivity index (χ2v) is 13.6. The van der Waals surface area contributed by atoms with Gasteiger partial charge in [-0.1, -0.05) is 0 Å². The number of halogens is 6. The third-order valence-electron chi connectivity index (χ3n) is 7.20. The SMILES string of the molecule is NCCSc1cc(CCCN=C(N)N)c(C(F)(F)F)cc1NC(=O)c1cc(C(=O)Nc2cc(C(F)(F)F)c(CCCN=C(N)N)cc2SCCN)ncn1. The van der Waals surface area contributed by atoms with Crippen molar-refractivity contribution in [3.8, 4) is 0 Å². The maximum Gasteiger partial charge on any atom is 0.416 e. The molecule has 0 bridgehead atoms. The molecule has 2 amide bonds. The molecule has 0 radical (unpaired) electrons. The van der Waals surface area contributed by atoms with Crippen LogP contribution in [0.25, 0.3) is 0 Å². The summed E-state index contributed by atoms with van der Waals surface area (Å²) in [5.41, 5.74) is 29.2. The van der Waals surface area contributed by atoms with Gasteiger partial charge >= 0.3 is 12.4 Å². The van der Waals surface area contributed by atoms with Gasteiger partial charge in [-0.2, -0.15) is 26.3 Å². The summed E-state index contributed by atoms with van der Waals surface area (Å²) in [6.45, 7) is 0.555. The molecule has 22 heteroatoms. The summed E-state index contributed by atoms with van der Waals surface area (Å²) in [5, 5.41) is 4.85. The molecule has 0 saturated heterocycles. The molecule has 1 heterocycles. The standard InChI is InChI=1S/C32H40F6N12O2S2/c33-31(34,35)19-13-21(25(53-9-5-39)11-17(19)3-1-7-45-29(41)42)49-27(51)23-15-24(48-16-47-23)28(52)50-22-14-20(32(36,37)38)18(4-2-8-46-30(43)44)12-26(22)54-10-6-40/h11-16H,1-10,39-40H2,(H,49,51)(H,50,52)(H4,41,42,45)(H4,43,44,46). The minimum Gasteiger partial charge on any atom is -0.370 e. The van der Waals surface area contributed by atoms with E-state index in [2.05, 4.69) is 30.6 Å². The van der Waals surface area contributed by atoms with E-state index in [9.17, 15) is 35.9 Å². The average Bonchev–Trinajstić information content (AvgIpc) is 3.10. The van der Waals surface area contributed by atoms with Crippen LogP contribution in [0.2, 0.25) is 0 Å². The van der Waals surface area contributed by atoms with Crippen LogP contribution in [0.5, 0.6) is 0 Å². The van der Waals surface area contributed by atoms with Crippen LogP contribution in [0.4, 0.5) is 37.7 Å². The molecule has 0 aliphatic carbocycles. The van der Waals surface area contributed by atoms with Crippen LogP contribution in [0.15, 0.2) is 56.4 Å². The van der Waals surface area contributed by atoms with Gasteiger partial charge in [0, 0.05) is 53.5 Å². The van der Waals surface area contributed by atoms with Crippen LogP contribution in [0.3, 0.4) is 0 Å². The van der Waals surface area contributed by atoms with Crippen molar-refractivity contribution in [1.82, 2.24) is 9.97 Å². The van der Waals surface area contributed by atoms with Gasteiger partial charge in [0.2, 0.25) is 0 Å². The maximum atomic E-state index is 14.2. The second kappa shape index (κ2) is 20.0. The highest BCUT2D eigenvalue weighted by Crippen LogP contribution is 2.40. The summed E-state index contributed by atoms with van der Waals surface area (Å²) in [4.78, 5) is 42.6. The number of anilines is 2. The first-order chi connectivity index (χ1) is 25.4. The van der Waals surface area contributed by atoms with Gasteiger partial charge in [0.15, 0.2) is 11.9 Å². The van der Waals surface area contributed by atoms with Gasteiger partial charge in [-0.25, -0.2) is 9.97 Å². The van der Waals surface area contributed by atoms with Gasteiger partial charge < -0.3 is 45.0 Å². The lowest BCUT2D eigenvalue weighted by atomic mass is 10.0.